The zero-order valence-electron chi connectivity index (χ0n) is 17.9. The molecule has 0 saturated carbocycles. The standard InChI is InChI=1S/C25H22O7/c1-13(26)16-6-9-18-19-12-22(30-3)23(28)21(24(19)32-25(29)20(18)11-16)10-15-4-7-17(8-5-15)31-14(2)27/h4-9,11-12,21,24,28H,10H2,1-3H3/t21?,24-/m1/s1. The van der Waals surface area contributed by atoms with E-state index >= 15 is 0 Å². The van der Waals surface area contributed by atoms with Crippen molar-refractivity contribution in [3.05, 3.63) is 82.3 Å². The Morgan fingerprint density at radius 1 is 1.06 bits per heavy atom. The maximum absolute atomic E-state index is 12.8. The molecule has 1 aliphatic heterocycles. The van der Waals surface area contributed by atoms with Crippen LogP contribution in [0.5, 0.6) is 5.75 Å². The van der Waals surface area contributed by atoms with Crippen LogP contribution in [0.4, 0.5) is 0 Å². The van der Waals surface area contributed by atoms with Crippen LogP contribution in [0.1, 0.15) is 45.7 Å². The van der Waals surface area contributed by atoms with Crippen LogP contribution >= 0.6 is 0 Å². The van der Waals surface area contributed by atoms with Gasteiger partial charge in [0, 0.05) is 18.1 Å². The largest absolute Gasteiger partial charge is 0.508 e. The van der Waals surface area contributed by atoms with Crippen molar-refractivity contribution >= 4 is 23.3 Å². The molecule has 1 unspecified atom stereocenters. The molecule has 0 spiro atoms. The molecule has 4 rings (SSSR count). The molecule has 0 amide bonds. The fourth-order valence-corrected chi connectivity index (χ4v) is 4.06. The molecule has 32 heavy (non-hydrogen) atoms. The summed E-state index contributed by atoms with van der Waals surface area (Å²) in [4.78, 5) is 35.7. The zero-order valence-corrected chi connectivity index (χ0v) is 17.9. The van der Waals surface area contributed by atoms with Crippen molar-refractivity contribution in [2.24, 2.45) is 5.92 Å². The molecule has 1 heterocycles. The van der Waals surface area contributed by atoms with Gasteiger partial charge in [-0.15, -0.1) is 0 Å². The van der Waals surface area contributed by atoms with Gasteiger partial charge in [0.25, 0.3) is 0 Å². The quantitative estimate of drug-likeness (QED) is 0.431. The third-order valence-electron chi connectivity index (χ3n) is 5.61. The van der Waals surface area contributed by atoms with E-state index in [2.05, 4.69) is 0 Å². The average Bonchev–Trinajstić information content (AvgIpc) is 2.76. The third kappa shape index (κ3) is 3.89. The van der Waals surface area contributed by atoms with Crippen molar-refractivity contribution in [1.29, 1.82) is 0 Å². The molecule has 2 aliphatic rings. The Labute approximate surface area is 184 Å². The van der Waals surface area contributed by atoms with Gasteiger partial charge in [0.05, 0.1) is 18.6 Å². The predicted octanol–water partition coefficient (Wildman–Crippen LogP) is 4.03. The highest BCUT2D eigenvalue weighted by molar-refractivity contribution is 6.03. The summed E-state index contributed by atoms with van der Waals surface area (Å²) < 4.78 is 16.2. The molecule has 0 fully saturated rings. The number of ketones is 1. The Morgan fingerprint density at radius 3 is 2.41 bits per heavy atom. The molecule has 0 radical (unpaired) electrons. The Morgan fingerprint density at radius 2 is 1.78 bits per heavy atom. The summed E-state index contributed by atoms with van der Waals surface area (Å²) in [7, 11) is 1.46. The smallest absolute Gasteiger partial charge is 0.339 e. The van der Waals surface area contributed by atoms with Crippen molar-refractivity contribution in [3.63, 3.8) is 0 Å². The van der Waals surface area contributed by atoms with E-state index in [0.29, 0.717) is 34.4 Å². The Hall–Kier alpha value is -3.87. The van der Waals surface area contributed by atoms with E-state index in [1.165, 1.54) is 27.0 Å². The lowest BCUT2D eigenvalue weighted by Gasteiger charge is -2.36. The van der Waals surface area contributed by atoms with E-state index in [9.17, 15) is 19.5 Å². The number of ether oxygens (including phenoxy) is 3. The van der Waals surface area contributed by atoms with Gasteiger partial charge in [0.15, 0.2) is 11.5 Å². The lowest BCUT2D eigenvalue weighted by molar-refractivity contribution is -0.131. The van der Waals surface area contributed by atoms with Gasteiger partial charge < -0.3 is 19.3 Å². The number of hydrogen-bond donors (Lipinski definition) is 1. The molecule has 2 aromatic rings. The molecule has 7 heteroatoms. The maximum Gasteiger partial charge on any atom is 0.339 e. The van der Waals surface area contributed by atoms with Gasteiger partial charge in [-0.2, -0.15) is 0 Å². The van der Waals surface area contributed by atoms with Crippen molar-refractivity contribution in [1.82, 2.24) is 0 Å². The van der Waals surface area contributed by atoms with Gasteiger partial charge in [-0.25, -0.2) is 4.79 Å². The minimum Gasteiger partial charge on any atom is -0.508 e. The minimum absolute atomic E-state index is 0.0121. The van der Waals surface area contributed by atoms with E-state index in [0.717, 1.165) is 5.56 Å². The Bertz CT molecular complexity index is 1170. The number of carbonyl (C=O) groups is 3. The first-order valence-corrected chi connectivity index (χ1v) is 10.1. The highest BCUT2D eigenvalue weighted by Gasteiger charge is 2.42. The molecule has 0 bridgehead atoms. The summed E-state index contributed by atoms with van der Waals surface area (Å²) in [5, 5.41) is 10.9. The fourth-order valence-electron chi connectivity index (χ4n) is 4.06. The van der Waals surface area contributed by atoms with Crippen LogP contribution in [0.15, 0.2) is 60.1 Å². The summed E-state index contributed by atoms with van der Waals surface area (Å²) in [6.45, 7) is 2.76. The highest BCUT2D eigenvalue weighted by atomic mass is 16.5. The van der Waals surface area contributed by atoms with Crippen LogP contribution in [-0.4, -0.2) is 36.0 Å². The Kier molecular flexibility index (Phi) is 5.57. The molecule has 164 valence electrons. The molecule has 0 saturated heterocycles. The minimum atomic E-state index is -0.717. The zero-order chi connectivity index (χ0) is 23.0. The number of methoxy groups -OCH3 is 1. The first kappa shape index (κ1) is 21.4. The number of aliphatic hydroxyl groups is 1. The molecule has 1 aliphatic carbocycles. The SMILES string of the molecule is COC1=C(O)C(Cc2ccc(OC(C)=O)cc2)[C@@H]2OC(=O)c3cc(C(C)=O)ccc3C2=C1. The molecule has 1 N–H and O–H groups in total. The second kappa shape index (κ2) is 8.34. The molecule has 2 atom stereocenters. The summed E-state index contributed by atoms with van der Waals surface area (Å²) in [5.41, 5.74) is 2.93. The van der Waals surface area contributed by atoms with E-state index in [-0.39, 0.29) is 17.3 Å². The second-order valence-corrected chi connectivity index (χ2v) is 7.74. The van der Waals surface area contributed by atoms with E-state index in [1.807, 2.05) is 0 Å². The number of Topliss-reactive ketones (excluding diaryl/α,β-unsaturated/α-hetero) is 1. The molecule has 0 aromatic heterocycles. The van der Waals surface area contributed by atoms with E-state index in [1.54, 1.807) is 42.5 Å². The average molecular weight is 434 g/mol. The first-order valence-electron chi connectivity index (χ1n) is 10.1. The first-order chi connectivity index (χ1) is 15.3. The van der Waals surface area contributed by atoms with Gasteiger partial charge in [-0.3, -0.25) is 9.59 Å². The van der Waals surface area contributed by atoms with Gasteiger partial charge >= 0.3 is 11.9 Å². The second-order valence-electron chi connectivity index (χ2n) is 7.74. The van der Waals surface area contributed by atoms with Crippen LogP contribution in [0, 0.1) is 5.92 Å². The molecule has 2 aromatic carbocycles. The Balaban J connectivity index is 1.71. The van der Waals surface area contributed by atoms with Gasteiger partial charge in [-0.1, -0.05) is 24.3 Å². The molecular formula is C25H22O7. The van der Waals surface area contributed by atoms with Crippen molar-refractivity contribution < 1.29 is 33.7 Å². The topological polar surface area (TPSA) is 99.1 Å². The monoisotopic (exact) mass is 434 g/mol. The van der Waals surface area contributed by atoms with Gasteiger partial charge in [-0.05, 0) is 48.7 Å². The summed E-state index contributed by atoms with van der Waals surface area (Å²) in [6, 6.07) is 11.8. The van der Waals surface area contributed by atoms with Gasteiger partial charge in [0.1, 0.15) is 17.6 Å². The summed E-state index contributed by atoms with van der Waals surface area (Å²) >= 11 is 0. The van der Waals surface area contributed by atoms with Crippen LogP contribution in [-0.2, 0) is 20.7 Å². The van der Waals surface area contributed by atoms with E-state index in [4.69, 9.17) is 14.2 Å². The van der Waals surface area contributed by atoms with Crippen molar-refractivity contribution in [2.45, 2.75) is 26.4 Å². The van der Waals surface area contributed by atoms with Crippen molar-refractivity contribution in [3.8, 4) is 5.75 Å². The normalized spacial score (nSPS) is 19.3. The van der Waals surface area contributed by atoms with Gasteiger partial charge in [0.2, 0.25) is 0 Å². The van der Waals surface area contributed by atoms with Crippen LogP contribution in [0.25, 0.3) is 5.57 Å². The summed E-state index contributed by atoms with van der Waals surface area (Å²) in [6.07, 6.45) is 1.30. The third-order valence-corrected chi connectivity index (χ3v) is 5.61. The number of hydrogen-bond acceptors (Lipinski definition) is 7. The molecular weight excluding hydrogens is 412 g/mol. The van der Waals surface area contributed by atoms with E-state index < -0.39 is 24.0 Å². The lowest BCUT2D eigenvalue weighted by Crippen LogP contribution is -2.37. The number of carbonyl (C=O) groups excluding carboxylic acids is 3. The molecule has 7 nitrogen and oxygen atoms in total. The van der Waals surface area contributed by atoms with Crippen molar-refractivity contribution in [2.75, 3.05) is 7.11 Å². The lowest BCUT2D eigenvalue weighted by atomic mass is 9.78. The number of esters is 2. The number of allylic oxidation sites excluding steroid dienone is 1. The number of fused-ring (bicyclic) bond motifs is 3. The highest BCUT2D eigenvalue weighted by Crippen LogP contribution is 2.42. The fraction of sp³-hybridized carbons (Fsp3) is 0.240. The van der Waals surface area contributed by atoms with Crippen LogP contribution in [0.2, 0.25) is 0 Å². The summed E-state index contributed by atoms with van der Waals surface area (Å²) in [5.74, 6) is -0.985. The number of benzene rings is 2. The predicted molar refractivity (Wildman–Crippen MR) is 115 cm³/mol. The maximum atomic E-state index is 12.8. The number of aliphatic hydroxyl groups excluding tert-OH is 1. The van der Waals surface area contributed by atoms with Crippen LogP contribution < -0.4 is 4.74 Å². The number of rotatable bonds is 5. The van der Waals surface area contributed by atoms with Crippen LogP contribution in [0.3, 0.4) is 0 Å².